The van der Waals surface area contributed by atoms with Crippen LogP contribution in [0.4, 0.5) is 4.79 Å². The molecule has 1 rings (SSSR count). The van der Waals surface area contributed by atoms with E-state index < -0.39 is 17.7 Å². The first kappa shape index (κ1) is 14.0. The fourth-order valence-electron chi connectivity index (χ4n) is 1.25. The number of benzene rings is 1. The number of carboxylic acids is 1. The van der Waals surface area contributed by atoms with Crippen LogP contribution < -0.4 is 4.74 Å². The van der Waals surface area contributed by atoms with Crippen molar-refractivity contribution in [1.82, 2.24) is 0 Å². The summed E-state index contributed by atoms with van der Waals surface area (Å²) in [7, 11) is 0. The second-order valence-corrected chi connectivity index (χ2v) is 4.87. The zero-order valence-corrected chi connectivity index (χ0v) is 10.8. The van der Waals surface area contributed by atoms with E-state index in [1.54, 1.807) is 33.8 Å². The van der Waals surface area contributed by atoms with Crippen LogP contribution in [0, 0.1) is 6.92 Å². The van der Waals surface area contributed by atoms with Gasteiger partial charge in [-0.3, -0.25) is 0 Å². The van der Waals surface area contributed by atoms with Crippen molar-refractivity contribution in [2.75, 3.05) is 0 Å². The van der Waals surface area contributed by atoms with Gasteiger partial charge >= 0.3 is 12.1 Å². The number of carbonyl (C=O) groups excluding carboxylic acids is 1. The summed E-state index contributed by atoms with van der Waals surface area (Å²) in [6.07, 6.45) is -0.921. The summed E-state index contributed by atoms with van der Waals surface area (Å²) in [5.74, 6) is -1.18. The second kappa shape index (κ2) is 5.08. The molecular weight excluding hydrogens is 236 g/mol. The first-order valence-corrected chi connectivity index (χ1v) is 5.44. The third-order valence-electron chi connectivity index (χ3n) is 1.95. The zero-order chi connectivity index (χ0) is 13.9. The van der Waals surface area contributed by atoms with E-state index in [-0.39, 0.29) is 11.3 Å². The average Bonchev–Trinajstić information content (AvgIpc) is 2.13. The number of hydrogen-bond acceptors (Lipinski definition) is 4. The number of aryl methyl sites for hydroxylation is 1. The molecule has 18 heavy (non-hydrogen) atoms. The molecule has 0 unspecified atom stereocenters. The Hall–Kier alpha value is -2.04. The van der Waals surface area contributed by atoms with Gasteiger partial charge in [-0.05, 0) is 45.4 Å². The first-order chi connectivity index (χ1) is 8.19. The quantitative estimate of drug-likeness (QED) is 0.647. The molecule has 0 aliphatic heterocycles. The highest BCUT2D eigenvalue weighted by molar-refractivity contribution is 5.91. The van der Waals surface area contributed by atoms with E-state index >= 15 is 0 Å². The maximum absolute atomic E-state index is 11.5. The summed E-state index contributed by atoms with van der Waals surface area (Å²) in [5.41, 5.74) is 0.0228. The van der Waals surface area contributed by atoms with Crippen LogP contribution in [0.5, 0.6) is 5.75 Å². The Balaban J connectivity index is 2.93. The molecule has 0 aliphatic carbocycles. The summed E-state index contributed by atoms with van der Waals surface area (Å²) < 4.78 is 9.88. The summed E-state index contributed by atoms with van der Waals surface area (Å²) in [4.78, 5) is 22.4. The largest absolute Gasteiger partial charge is 0.514 e. The van der Waals surface area contributed by atoms with Crippen molar-refractivity contribution in [1.29, 1.82) is 0 Å². The highest BCUT2D eigenvalue weighted by Crippen LogP contribution is 2.21. The molecule has 0 fully saturated rings. The molecule has 0 saturated heterocycles. The van der Waals surface area contributed by atoms with E-state index in [9.17, 15) is 9.59 Å². The van der Waals surface area contributed by atoms with Crippen molar-refractivity contribution in [3.05, 3.63) is 29.3 Å². The highest BCUT2D eigenvalue weighted by Gasteiger charge is 2.20. The van der Waals surface area contributed by atoms with Gasteiger partial charge in [-0.1, -0.05) is 6.07 Å². The van der Waals surface area contributed by atoms with Gasteiger partial charge in [0.25, 0.3) is 0 Å². The number of carboxylic acid groups (broad SMARTS) is 1. The first-order valence-electron chi connectivity index (χ1n) is 5.44. The third-order valence-corrected chi connectivity index (χ3v) is 1.95. The Bertz CT molecular complexity index is 471. The summed E-state index contributed by atoms with van der Waals surface area (Å²) in [6, 6.07) is 4.50. The number of hydrogen-bond donors (Lipinski definition) is 1. The number of carbonyl (C=O) groups is 2. The van der Waals surface area contributed by atoms with Crippen LogP contribution in [0.15, 0.2) is 18.2 Å². The van der Waals surface area contributed by atoms with Crippen LogP contribution in [-0.2, 0) is 4.74 Å². The van der Waals surface area contributed by atoms with Gasteiger partial charge in [0.2, 0.25) is 0 Å². The van der Waals surface area contributed by atoms with Crippen LogP contribution in [-0.4, -0.2) is 22.8 Å². The molecule has 5 nitrogen and oxygen atoms in total. The van der Waals surface area contributed by atoms with Gasteiger partial charge in [-0.15, -0.1) is 0 Å². The molecule has 0 radical (unpaired) electrons. The Morgan fingerprint density at radius 3 is 2.33 bits per heavy atom. The van der Waals surface area contributed by atoms with Crippen molar-refractivity contribution < 1.29 is 24.2 Å². The summed E-state index contributed by atoms with van der Waals surface area (Å²) in [6.45, 7) is 6.86. The molecule has 0 amide bonds. The highest BCUT2D eigenvalue weighted by atomic mass is 16.7. The van der Waals surface area contributed by atoms with E-state index in [0.29, 0.717) is 0 Å². The van der Waals surface area contributed by atoms with Gasteiger partial charge in [-0.25, -0.2) is 9.59 Å². The maximum Gasteiger partial charge on any atom is 0.514 e. The molecule has 98 valence electrons. The van der Waals surface area contributed by atoms with Crippen molar-refractivity contribution in [2.45, 2.75) is 33.3 Å². The van der Waals surface area contributed by atoms with Crippen LogP contribution in [0.25, 0.3) is 0 Å². The van der Waals surface area contributed by atoms with Gasteiger partial charge in [0.15, 0.2) is 0 Å². The molecule has 0 bridgehead atoms. The molecule has 1 aromatic rings. The smallest absolute Gasteiger partial charge is 0.478 e. The van der Waals surface area contributed by atoms with Crippen molar-refractivity contribution in [3.8, 4) is 5.75 Å². The molecule has 0 spiro atoms. The lowest BCUT2D eigenvalue weighted by Gasteiger charge is -2.19. The molecular formula is C13H16O5. The maximum atomic E-state index is 11.5. The Kier molecular flexibility index (Phi) is 3.96. The van der Waals surface area contributed by atoms with Gasteiger partial charge in [0.1, 0.15) is 16.9 Å². The molecule has 0 saturated carbocycles. The van der Waals surface area contributed by atoms with Gasteiger partial charge < -0.3 is 14.6 Å². The fourth-order valence-corrected chi connectivity index (χ4v) is 1.25. The van der Waals surface area contributed by atoms with Gasteiger partial charge in [0.05, 0.1) is 0 Å². The van der Waals surface area contributed by atoms with Crippen LogP contribution in [0.3, 0.4) is 0 Å². The van der Waals surface area contributed by atoms with E-state index in [0.717, 1.165) is 5.56 Å². The SMILES string of the molecule is Cc1ccc(C(=O)O)c(OC(=O)OC(C)(C)C)c1. The second-order valence-electron chi connectivity index (χ2n) is 4.87. The average molecular weight is 252 g/mol. The molecule has 0 aliphatic rings. The fraction of sp³-hybridized carbons (Fsp3) is 0.385. The monoisotopic (exact) mass is 252 g/mol. The third kappa shape index (κ3) is 4.08. The Morgan fingerprint density at radius 1 is 1.22 bits per heavy atom. The van der Waals surface area contributed by atoms with Crippen molar-refractivity contribution in [3.63, 3.8) is 0 Å². The lowest BCUT2D eigenvalue weighted by Crippen LogP contribution is -2.26. The van der Waals surface area contributed by atoms with Crippen LogP contribution >= 0.6 is 0 Å². The standard InChI is InChI=1S/C13H16O5/c1-8-5-6-9(11(14)15)10(7-8)17-12(16)18-13(2,3)4/h5-7H,1-4H3,(H,14,15). The molecule has 5 heteroatoms. The number of aromatic carboxylic acids is 1. The van der Waals surface area contributed by atoms with Gasteiger partial charge in [0, 0.05) is 0 Å². The number of rotatable bonds is 2. The minimum absolute atomic E-state index is 0.0169. The lowest BCUT2D eigenvalue weighted by atomic mass is 10.1. The van der Waals surface area contributed by atoms with Crippen molar-refractivity contribution >= 4 is 12.1 Å². The predicted octanol–water partition coefficient (Wildman–Crippen LogP) is 3.01. The van der Waals surface area contributed by atoms with Crippen LogP contribution in [0.2, 0.25) is 0 Å². The Labute approximate surface area is 105 Å². The summed E-state index contributed by atoms with van der Waals surface area (Å²) >= 11 is 0. The topological polar surface area (TPSA) is 72.8 Å². The van der Waals surface area contributed by atoms with Crippen molar-refractivity contribution in [2.24, 2.45) is 0 Å². The summed E-state index contributed by atoms with van der Waals surface area (Å²) in [5, 5.41) is 8.97. The molecule has 1 N–H and O–H groups in total. The van der Waals surface area contributed by atoms with Gasteiger partial charge in [-0.2, -0.15) is 0 Å². The molecule has 0 atom stereocenters. The molecule has 1 aromatic carbocycles. The molecule has 0 heterocycles. The molecule has 0 aromatic heterocycles. The van der Waals surface area contributed by atoms with Crippen LogP contribution in [0.1, 0.15) is 36.7 Å². The normalized spacial score (nSPS) is 10.9. The zero-order valence-electron chi connectivity index (χ0n) is 10.8. The minimum atomic E-state index is -1.16. The Morgan fingerprint density at radius 2 is 1.83 bits per heavy atom. The number of ether oxygens (including phenoxy) is 2. The predicted molar refractivity (Wildman–Crippen MR) is 65.0 cm³/mol. The minimum Gasteiger partial charge on any atom is -0.478 e. The van der Waals surface area contributed by atoms with E-state index in [1.807, 2.05) is 0 Å². The lowest BCUT2D eigenvalue weighted by molar-refractivity contribution is 0.0204. The van der Waals surface area contributed by atoms with E-state index in [2.05, 4.69) is 0 Å². The van der Waals surface area contributed by atoms with E-state index in [4.69, 9.17) is 14.6 Å². The van der Waals surface area contributed by atoms with E-state index in [1.165, 1.54) is 12.1 Å².